The molecule has 0 saturated heterocycles. The molecule has 3 atom stereocenters. The van der Waals surface area contributed by atoms with Gasteiger partial charge in [0.1, 0.15) is 0 Å². The van der Waals surface area contributed by atoms with Crippen LogP contribution in [-0.2, 0) is 18.4 Å². The zero-order chi connectivity index (χ0) is 40.3. The summed E-state index contributed by atoms with van der Waals surface area (Å²) in [5.74, 6) is -0.155. The van der Waals surface area contributed by atoms with Crippen LogP contribution in [0.1, 0.15) is 258 Å². The van der Waals surface area contributed by atoms with E-state index in [9.17, 15) is 19.4 Å². The molecule has 330 valence electrons. The molecule has 0 aromatic heterocycles. The van der Waals surface area contributed by atoms with Gasteiger partial charge in [-0.15, -0.1) is 0 Å². The zero-order valence-electron chi connectivity index (χ0n) is 36.7. The molecular formula is C46H95N2O6P. The molecule has 8 nitrogen and oxygen atoms in total. The molecule has 0 saturated carbocycles. The van der Waals surface area contributed by atoms with Crippen molar-refractivity contribution in [2.24, 2.45) is 5.73 Å². The Kier molecular flexibility index (Phi) is 42.7. The standard InChI is InChI=1S/C46H95N2O6P/c1-3-5-7-9-11-13-15-17-19-21-22-23-24-26-28-30-32-34-36-38-40-46(50)48-44(43-54-55(51,52)53-42-41-47)45(49)39-37-35-33-31-29-27-25-20-18-16-14-12-10-8-6-4-2/h44-45,49H,3-43,47H2,1-2H3,(H,48,50)(H,51,52)/t44-,45+/m0/s1. The van der Waals surface area contributed by atoms with E-state index in [1.54, 1.807) is 0 Å². The Morgan fingerprint density at radius 1 is 0.527 bits per heavy atom. The Morgan fingerprint density at radius 2 is 0.836 bits per heavy atom. The molecule has 0 fully saturated rings. The lowest BCUT2D eigenvalue weighted by atomic mass is 10.0. The third-order valence-electron chi connectivity index (χ3n) is 11.2. The van der Waals surface area contributed by atoms with Gasteiger partial charge in [0, 0.05) is 13.0 Å². The van der Waals surface area contributed by atoms with E-state index in [2.05, 4.69) is 19.2 Å². The highest BCUT2D eigenvalue weighted by molar-refractivity contribution is 7.47. The predicted octanol–water partition coefficient (Wildman–Crippen LogP) is 13.8. The first-order valence-electron chi connectivity index (χ1n) is 24.2. The molecule has 5 N–H and O–H groups in total. The maximum atomic E-state index is 12.8. The highest BCUT2D eigenvalue weighted by Crippen LogP contribution is 2.43. The van der Waals surface area contributed by atoms with Crippen LogP contribution in [0.4, 0.5) is 0 Å². The minimum absolute atomic E-state index is 0.0927. The van der Waals surface area contributed by atoms with Crippen molar-refractivity contribution in [3.8, 4) is 0 Å². The van der Waals surface area contributed by atoms with E-state index < -0.39 is 20.0 Å². The Hall–Kier alpha value is -0.500. The number of amides is 1. The fourth-order valence-corrected chi connectivity index (χ4v) is 8.31. The predicted molar refractivity (Wildman–Crippen MR) is 236 cm³/mol. The molecule has 0 heterocycles. The van der Waals surface area contributed by atoms with Gasteiger partial charge >= 0.3 is 7.82 Å². The van der Waals surface area contributed by atoms with Gasteiger partial charge < -0.3 is 21.1 Å². The summed E-state index contributed by atoms with van der Waals surface area (Å²) in [6.45, 7) is 4.25. The van der Waals surface area contributed by atoms with Gasteiger partial charge in [0.2, 0.25) is 5.91 Å². The highest BCUT2D eigenvalue weighted by Gasteiger charge is 2.27. The monoisotopic (exact) mass is 803 g/mol. The van der Waals surface area contributed by atoms with Crippen molar-refractivity contribution in [2.75, 3.05) is 19.8 Å². The first-order chi connectivity index (χ1) is 26.9. The number of hydrogen-bond acceptors (Lipinski definition) is 6. The number of aliphatic hydroxyl groups excluding tert-OH is 1. The second kappa shape index (κ2) is 43.1. The first-order valence-corrected chi connectivity index (χ1v) is 25.6. The summed E-state index contributed by atoms with van der Waals surface area (Å²) in [5.41, 5.74) is 5.39. The van der Waals surface area contributed by atoms with Gasteiger partial charge in [-0.3, -0.25) is 13.8 Å². The molecule has 55 heavy (non-hydrogen) atoms. The fraction of sp³-hybridized carbons (Fsp3) is 0.978. The van der Waals surface area contributed by atoms with Crippen molar-refractivity contribution in [1.82, 2.24) is 5.32 Å². The van der Waals surface area contributed by atoms with Crippen LogP contribution in [0.5, 0.6) is 0 Å². The van der Waals surface area contributed by atoms with Gasteiger partial charge in [0.15, 0.2) is 0 Å². The maximum Gasteiger partial charge on any atom is 0.472 e. The number of aliphatic hydroxyl groups is 1. The number of phosphoric acid groups is 1. The van der Waals surface area contributed by atoms with Crippen LogP contribution in [-0.4, -0.2) is 47.8 Å². The third-order valence-corrected chi connectivity index (χ3v) is 12.2. The van der Waals surface area contributed by atoms with Gasteiger partial charge in [-0.1, -0.05) is 239 Å². The van der Waals surface area contributed by atoms with E-state index in [0.29, 0.717) is 12.8 Å². The minimum atomic E-state index is -4.31. The number of carbonyl (C=O) groups excluding carboxylic acids is 1. The van der Waals surface area contributed by atoms with Crippen LogP contribution < -0.4 is 11.1 Å². The van der Waals surface area contributed by atoms with Gasteiger partial charge in [-0.05, 0) is 12.8 Å². The van der Waals surface area contributed by atoms with Crippen LogP contribution in [0.25, 0.3) is 0 Å². The fourth-order valence-electron chi connectivity index (χ4n) is 7.55. The van der Waals surface area contributed by atoms with Gasteiger partial charge in [-0.25, -0.2) is 4.57 Å². The Morgan fingerprint density at radius 3 is 1.16 bits per heavy atom. The van der Waals surface area contributed by atoms with Crippen LogP contribution >= 0.6 is 7.82 Å². The summed E-state index contributed by atoms with van der Waals surface area (Å²) in [6.07, 6.45) is 46.9. The average molecular weight is 803 g/mol. The molecule has 0 aliphatic rings. The Labute approximate surface area is 342 Å². The maximum absolute atomic E-state index is 12.8. The van der Waals surface area contributed by atoms with Crippen LogP contribution in [0.15, 0.2) is 0 Å². The first kappa shape index (κ1) is 54.5. The summed E-state index contributed by atoms with van der Waals surface area (Å²) in [5, 5.41) is 13.8. The zero-order valence-corrected chi connectivity index (χ0v) is 37.6. The van der Waals surface area contributed by atoms with Crippen LogP contribution in [0.3, 0.4) is 0 Å². The topological polar surface area (TPSA) is 131 Å². The molecule has 9 heteroatoms. The SMILES string of the molecule is CCCCCCCCCCCCCCCCCCCCCCC(=O)N[C@@H](COP(=O)(O)OCCN)[C@H](O)CCCCCCCCCCCCCCCCCC. The van der Waals surface area contributed by atoms with Crippen LogP contribution in [0.2, 0.25) is 0 Å². The van der Waals surface area contributed by atoms with E-state index in [0.717, 1.165) is 38.5 Å². The summed E-state index contributed by atoms with van der Waals surface area (Å²) in [7, 11) is -4.31. The number of nitrogens with two attached hydrogens (primary N) is 1. The molecule has 0 aromatic rings. The lowest BCUT2D eigenvalue weighted by Gasteiger charge is -2.25. The van der Waals surface area contributed by atoms with E-state index in [-0.39, 0.29) is 25.7 Å². The molecule has 0 aliphatic heterocycles. The molecule has 0 rings (SSSR count). The molecule has 0 bridgehead atoms. The summed E-state index contributed by atoms with van der Waals surface area (Å²) < 4.78 is 22.2. The third kappa shape index (κ3) is 41.5. The van der Waals surface area contributed by atoms with E-state index in [1.807, 2.05) is 0 Å². The lowest BCUT2D eigenvalue weighted by molar-refractivity contribution is -0.123. The molecule has 0 aliphatic carbocycles. The second-order valence-electron chi connectivity index (χ2n) is 16.7. The number of hydrogen-bond donors (Lipinski definition) is 4. The van der Waals surface area contributed by atoms with Gasteiger partial charge in [0.25, 0.3) is 0 Å². The average Bonchev–Trinajstić information content (AvgIpc) is 3.17. The second-order valence-corrected chi connectivity index (χ2v) is 18.1. The van der Waals surface area contributed by atoms with Gasteiger partial charge in [0.05, 0.1) is 25.4 Å². The molecule has 0 spiro atoms. The molecular weight excluding hydrogens is 707 g/mol. The Balaban J connectivity index is 4.04. The van der Waals surface area contributed by atoms with Crippen molar-refractivity contribution in [3.05, 3.63) is 0 Å². The largest absolute Gasteiger partial charge is 0.472 e. The number of unbranched alkanes of at least 4 members (excludes halogenated alkanes) is 34. The molecule has 0 aromatic carbocycles. The van der Waals surface area contributed by atoms with E-state index >= 15 is 0 Å². The van der Waals surface area contributed by atoms with Crippen molar-refractivity contribution in [1.29, 1.82) is 0 Å². The number of nitrogens with one attached hydrogen (secondary N) is 1. The van der Waals surface area contributed by atoms with Gasteiger partial charge in [-0.2, -0.15) is 0 Å². The minimum Gasteiger partial charge on any atom is -0.391 e. The Bertz CT molecular complexity index is 834. The van der Waals surface area contributed by atoms with Crippen molar-refractivity contribution >= 4 is 13.7 Å². The smallest absolute Gasteiger partial charge is 0.391 e. The van der Waals surface area contributed by atoms with E-state index in [4.69, 9.17) is 14.8 Å². The molecule has 1 unspecified atom stereocenters. The van der Waals surface area contributed by atoms with Crippen molar-refractivity contribution < 1.29 is 28.4 Å². The van der Waals surface area contributed by atoms with Crippen LogP contribution in [0, 0.1) is 0 Å². The van der Waals surface area contributed by atoms with Crippen molar-refractivity contribution in [3.63, 3.8) is 0 Å². The number of rotatable bonds is 46. The van der Waals surface area contributed by atoms with Crippen molar-refractivity contribution in [2.45, 2.75) is 270 Å². The number of phosphoric ester groups is 1. The number of carbonyl (C=O) groups is 1. The summed E-state index contributed by atoms with van der Waals surface area (Å²) in [6, 6.07) is -0.768. The highest BCUT2D eigenvalue weighted by atomic mass is 31.2. The molecule has 0 radical (unpaired) electrons. The lowest BCUT2D eigenvalue weighted by Crippen LogP contribution is -2.46. The summed E-state index contributed by atoms with van der Waals surface area (Å²) >= 11 is 0. The molecule has 1 amide bonds. The van der Waals surface area contributed by atoms with E-state index in [1.165, 1.54) is 193 Å². The summed E-state index contributed by atoms with van der Waals surface area (Å²) in [4.78, 5) is 22.8. The normalized spacial score (nSPS) is 13.9. The quantitative estimate of drug-likeness (QED) is 0.0356.